The zero-order valence-corrected chi connectivity index (χ0v) is 18.5. The number of hydrogen-bond donors (Lipinski definition) is 0. The summed E-state index contributed by atoms with van der Waals surface area (Å²) in [5.41, 5.74) is 5.65. The normalized spacial score (nSPS) is 12.1. The lowest BCUT2D eigenvalue weighted by Gasteiger charge is -2.15. The van der Waals surface area contributed by atoms with Gasteiger partial charge in [0.25, 0.3) is 0 Å². The van der Waals surface area contributed by atoms with Crippen molar-refractivity contribution in [2.24, 2.45) is 0 Å². The number of aryl methyl sites for hydroxylation is 1. The second kappa shape index (κ2) is 10.9. The minimum absolute atomic E-state index is 0.00429. The van der Waals surface area contributed by atoms with Gasteiger partial charge in [-0.15, -0.1) is 0 Å². The van der Waals surface area contributed by atoms with Crippen molar-refractivity contribution >= 4 is 16.9 Å². The third-order valence-corrected chi connectivity index (χ3v) is 5.58. The predicted octanol–water partition coefficient (Wildman–Crippen LogP) is 7.08. The summed E-state index contributed by atoms with van der Waals surface area (Å²) in [6.45, 7) is 6.54. The Labute approximate surface area is 180 Å². The van der Waals surface area contributed by atoms with Gasteiger partial charge in [0.05, 0.1) is 18.5 Å². The molecule has 0 radical (unpaired) electrons. The van der Waals surface area contributed by atoms with Crippen molar-refractivity contribution in [1.82, 2.24) is 4.98 Å². The van der Waals surface area contributed by atoms with E-state index < -0.39 is 0 Å². The smallest absolute Gasteiger partial charge is 0.306 e. The monoisotopic (exact) mass is 403 g/mol. The summed E-state index contributed by atoms with van der Waals surface area (Å²) in [5, 5.41) is 1.18. The van der Waals surface area contributed by atoms with Crippen LogP contribution in [0.4, 0.5) is 0 Å². The van der Waals surface area contributed by atoms with E-state index in [1.165, 1.54) is 47.8 Å². The molecule has 0 amide bonds. The molecule has 158 valence electrons. The Bertz CT molecular complexity index is 965. The minimum Gasteiger partial charge on any atom is -0.466 e. The van der Waals surface area contributed by atoms with Crippen molar-refractivity contribution in [3.8, 4) is 11.1 Å². The third-order valence-electron chi connectivity index (χ3n) is 5.58. The Morgan fingerprint density at radius 1 is 1.00 bits per heavy atom. The quantitative estimate of drug-likeness (QED) is 0.268. The molecular weight excluding hydrogens is 370 g/mol. The fourth-order valence-electron chi connectivity index (χ4n) is 3.89. The Morgan fingerprint density at radius 2 is 1.80 bits per heavy atom. The van der Waals surface area contributed by atoms with Crippen molar-refractivity contribution in [2.45, 2.75) is 65.2 Å². The molecule has 0 spiro atoms. The highest BCUT2D eigenvalue weighted by atomic mass is 16.5. The Balaban J connectivity index is 1.98. The van der Waals surface area contributed by atoms with Gasteiger partial charge in [0.15, 0.2) is 0 Å². The van der Waals surface area contributed by atoms with Gasteiger partial charge >= 0.3 is 5.97 Å². The molecule has 1 unspecified atom stereocenters. The van der Waals surface area contributed by atoms with Crippen LogP contribution < -0.4 is 0 Å². The van der Waals surface area contributed by atoms with Crippen LogP contribution in [0.15, 0.2) is 54.6 Å². The maximum Gasteiger partial charge on any atom is 0.306 e. The summed E-state index contributed by atoms with van der Waals surface area (Å²) in [6, 6.07) is 19.3. The van der Waals surface area contributed by atoms with Crippen molar-refractivity contribution in [2.75, 3.05) is 6.61 Å². The van der Waals surface area contributed by atoms with E-state index >= 15 is 0 Å². The van der Waals surface area contributed by atoms with E-state index in [0.29, 0.717) is 13.0 Å². The standard InChI is InChI=1S/C27H33NO2/c1-4-6-7-9-12-21-15-16-25-24(18-21)23(22-13-10-8-11-14-22)19-26(28-25)20(3)17-27(29)30-5-2/h8,10-11,13-16,18-20H,4-7,9,12,17H2,1-3H3. The molecule has 0 saturated carbocycles. The van der Waals surface area contributed by atoms with Gasteiger partial charge in [0, 0.05) is 17.0 Å². The zero-order valence-electron chi connectivity index (χ0n) is 18.5. The molecule has 0 saturated heterocycles. The number of ether oxygens (including phenoxy) is 1. The first kappa shape index (κ1) is 22.0. The molecule has 1 aromatic heterocycles. The lowest BCUT2D eigenvalue weighted by molar-refractivity contribution is -0.143. The fraction of sp³-hybridized carbons (Fsp3) is 0.407. The number of carbonyl (C=O) groups excluding carboxylic acids is 1. The van der Waals surface area contributed by atoms with Gasteiger partial charge in [-0.25, -0.2) is 0 Å². The number of unbranched alkanes of at least 4 members (excludes halogenated alkanes) is 3. The number of hydrogen-bond acceptors (Lipinski definition) is 3. The van der Waals surface area contributed by atoms with Gasteiger partial charge in [-0.05, 0) is 54.7 Å². The molecule has 0 fully saturated rings. The molecule has 0 N–H and O–H groups in total. The molecule has 3 nitrogen and oxygen atoms in total. The number of pyridine rings is 1. The molecule has 30 heavy (non-hydrogen) atoms. The number of fused-ring (bicyclic) bond motifs is 1. The summed E-state index contributed by atoms with van der Waals surface area (Å²) in [4.78, 5) is 16.9. The lowest BCUT2D eigenvalue weighted by Crippen LogP contribution is -2.09. The van der Waals surface area contributed by atoms with Gasteiger partial charge < -0.3 is 4.74 Å². The molecule has 3 aromatic rings. The highest BCUT2D eigenvalue weighted by Gasteiger charge is 2.17. The van der Waals surface area contributed by atoms with Crippen molar-refractivity contribution in [3.63, 3.8) is 0 Å². The van der Waals surface area contributed by atoms with Crippen LogP contribution in [-0.4, -0.2) is 17.6 Å². The van der Waals surface area contributed by atoms with Crippen molar-refractivity contribution < 1.29 is 9.53 Å². The van der Waals surface area contributed by atoms with Crippen molar-refractivity contribution in [3.05, 3.63) is 65.9 Å². The van der Waals surface area contributed by atoms with Crippen LogP contribution in [0, 0.1) is 0 Å². The Morgan fingerprint density at radius 3 is 2.53 bits per heavy atom. The maximum absolute atomic E-state index is 12.0. The zero-order chi connectivity index (χ0) is 21.3. The maximum atomic E-state index is 12.0. The molecule has 1 heterocycles. The molecule has 1 atom stereocenters. The first-order valence-electron chi connectivity index (χ1n) is 11.3. The van der Waals surface area contributed by atoms with Crippen molar-refractivity contribution in [1.29, 1.82) is 0 Å². The van der Waals surface area contributed by atoms with E-state index in [4.69, 9.17) is 9.72 Å². The second-order valence-electron chi connectivity index (χ2n) is 8.03. The number of esters is 1. The van der Waals surface area contributed by atoms with E-state index in [9.17, 15) is 4.79 Å². The average Bonchev–Trinajstić information content (AvgIpc) is 2.76. The highest BCUT2D eigenvalue weighted by molar-refractivity contribution is 5.95. The molecular formula is C27H33NO2. The molecule has 0 aliphatic rings. The second-order valence-corrected chi connectivity index (χ2v) is 8.03. The minimum atomic E-state index is -0.171. The Hall–Kier alpha value is -2.68. The van der Waals surface area contributed by atoms with E-state index in [1.54, 1.807) is 0 Å². The van der Waals surface area contributed by atoms with Crippen LogP contribution in [0.5, 0.6) is 0 Å². The molecule has 0 bridgehead atoms. The van der Waals surface area contributed by atoms with Crippen LogP contribution >= 0.6 is 0 Å². The van der Waals surface area contributed by atoms with Crippen LogP contribution in [0.3, 0.4) is 0 Å². The van der Waals surface area contributed by atoms with E-state index in [0.717, 1.165) is 17.6 Å². The molecule has 2 aromatic carbocycles. The average molecular weight is 404 g/mol. The van der Waals surface area contributed by atoms with Crippen LogP contribution in [0.25, 0.3) is 22.0 Å². The van der Waals surface area contributed by atoms with E-state index in [-0.39, 0.29) is 11.9 Å². The summed E-state index contributed by atoms with van der Waals surface area (Å²) < 4.78 is 5.14. The topological polar surface area (TPSA) is 39.2 Å². The molecule has 3 rings (SSSR count). The van der Waals surface area contributed by atoms with Gasteiger partial charge in [0.2, 0.25) is 0 Å². The number of benzene rings is 2. The van der Waals surface area contributed by atoms with Crippen LogP contribution in [0.1, 0.15) is 70.1 Å². The Kier molecular flexibility index (Phi) is 8.01. The fourth-order valence-corrected chi connectivity index (χ4v) is 3.89. The highest BCUT2D eigenvalue weighted by Crippen LogP contribution is 2.32. The summed E-state index contributed by atoms with van der Waals surface area (Å²) >= 11 is 0. The SMILES string of the molecule is CCCCCCc1ccc2nc(C(C)CC(=O)OCC)cc(-c3ccccc3)c2c1. The number of aromatic nitrogens is 1. The third kappa shape index (κ3) is 5.69. The molecule has 0 aliphatic heterocycles. The molecule has 0 aliphatic carbocycles. The summed E-state index contributed by atoms with van der Waals surface area (Å²) in [7, 11) is 0. The van der Waals surface area contributed by atoms with Crippen LogP contribution in [-0.2, 0) is 16.0 Å². The number of carbonyl (C=O) groups is 1. The molecule has 3 heteroatoms. The first-order chi connectivity index (χ1) is 14.6. The summed E-state index contributed by atoms with van der Waals surface area (Å²) in [5.74, 6) is -0.166. The number of nitrogens with zero attached hydrogens (tertiary/aromatic N) is 1. The lowest BCUT2D eigenvalue weighted by atomic mass is 9.94. The summed E-state index contributed by atoms with van der Waals surface area (Å²) in [6.07, 6.45) is 6.50. The van der Waals surface area contributed by atoms with Crippen LogP contribution in [0.2, 0.25) is 0 Å². The largest absolute Gasteiger partial charge is 0.466 e. The van der Waals surface area contributed by atoms with Gasteiger partial charge in [-0.3, -0.25) is 9.78 Å². The van der Waals surface area contributed by atoms with Gasteiger partial charge in [0.1, 0.15) is 0 Å². The predicted molar refractivity (Wildman–Crippen MR) is 125 cm³/mol. The first-order valence-corrected chi connectivity index (χ1v) is 11.3. The van der Waals surface area contributed by atoms with Gasteiger partial charge in [-0.2, -0.15) is 0 Å². The van der Waals surface area contributed by atoms with E-state index in [2.05, 4.69) is 55.5 Å². The van der Waals surface area contributed by atoms with E-state index in [1.807, 2.05) is 19.9 Å². The number of rotatable bonds is 10. The van der Waals surface area contributed by atoms with Gasteiger partial charge in [-0.1, -0.05) is 69.5 Å².